The Morgan fingerprint density at radius 1 is 1.08 bits per heavy atom. The van der Waals surface area contributed by atoms with Gasteiger partial charge in [-0.2, -0.15) is 0 Å². The zero-order valence-electron chi connectivity index (χ0n) is 20.6. The molecule has 10 heteroatoms. The molecule has 1 aliphatic rings. The molecule has 0 unspecified atom stereocenters. The highest BCUT2D eigenvalue weighted by Crippen LogP contribution is 2.38. The molecule has 0 spiro atoms. The van der Waals surface area contributed by atoms with E-state index in [1.54, 1.807) is 36.4 Å². The van der Waals surface area contributed by atoms with Gasteiger partial charge in [0.25, 0.3) is 17.1 Å². The Morgan fingerprint density at radius 3 is 2.47 bits per heavy atom. The quantitative estimate of drug-likeness (QED) is 0.198. The SMILES string of the molecule is CCOc1cc(/C=C2/SC(=O)N(Cc3ccc(Cl)cc3)C2=O)cc(I)c1OCC(=O)Nc1ccc(C)cc1. The van der Waals surface area contributed by atoms with E-state index >= 15 is 0 Å². The summed E-state index contributed by atoms with van der Waals surface area (Å²) in [6.07, 6.45) is 1.66. The molecule has 1 saturated heterocycles. The molecule has 1 aliphatic heterocycles. The number of hydrogen-bond donors (Lipinski definition) is 1. The van der Waals surface area contributed by atoms with Crippen LogP contribution in [0.1, 0.15) is 23.6 Å². The molecule has 0 aromatic heterocycles. The largest absolute Gasteiger partial charge is 0.490 e. The molecule has 0 bridgehead atoms. The molecule has 1 N–H and O–H groups in total. The van der Waals surface area contributed by atoms with Crippen LogP contribution in [0.2, 0.25) is 5.02 Å². The maximum Gasteiger partial charge on any atom is 0.293 e. The number of nitrogens with zero attached hydrogens (tertiary/aromatic N) is 1. The average molecular weight is 663 g/mol. The summed E-state index contributed by atoms with van der Waals surface area (Å²) in [5.41, 5.74) is 3.26. The lowest BCUT2D eigenvalue weighted by molar-refractivity contribution is -0.123. The fourth-order valence-corrected chi connectivity index (χ4v) is 5.35. The lowest BCUT2D eigenvalue weighted by Crippen LogP contribution is -2.27. The van der Waals surface area contributed by atoms with Crippen molar-refractivity contribution in [3.63, 3.8) is 0 Å². The summed E-state index contributed by atoms with van der Waals surface area (Å²) in [5, 5.41) is 3.05. The van der Waals surface area contributed by atoms with Gasteiger partial charge in [-0.05, 0) is 102 Å². The third-order valence-corrected chi connectivity index (χ3v) is 7.40. The van der Waals surface area contributed by atoms with Crippen molar-refractivity contribution in [1.29, 1.82) is 0 Å². The van der Waals surface area contributed by atoms with Crippen molar-refractivity contribution in [3.8, 4) is 11.5 Å². The van der Waals surface area contributed by atoms with Gasteiger partial charge in [-0.3, -0.25) is 19.3 Å². The van der Waals surface area contributed by atoms with Crippen LogP contribution < -0.4 is 14.8 Å². The Labute approximate surface area is 243 Å². The first-order valence-electron chi connectivity index (χ1n) is 11.7. The van der Waals surface area contributed by atoms with Crippen LogP contribution in [0.5, 0.6) is 11.5 Å². The summed E-state index contributed by atoms with van der Waals surface area (Å²) >= 11 is 8.92. The number of rotatable bonds is 9. The molecular formula is C28H24ClIN2O5S. The molecule has 1 heterocycles. The molecular weight excluding hydrogens is 639 g/mol. The molecule has 4 rings (SSSR count). The highest BCUT2D eigenvalue weighted by atomic mass is 127. The number of imide groups is 1. The maximum absolute atomic E-state index is 13.0. The molecule has 1 fully saturated rings. The normalized spacial score (nSPS) is 14.2. The summed E-state index contributed by atoms with van der Waals surface area (Å²) in [4.78, 5) is 39.5. The fraction of sp³-hybridized carbons (Fsp3) is 0.179. The van der Waals surface area contributed by atoms with Gasteiger partial charge in [-0.1, -0.05) is 41.4 Å². The van der Waals surface area contributed by atoms with E-state index in [2.05, 4.69) is 27.9 Å². The predicted molar refractivity (Wildman–Crippen MR) is 159 cm³/mol. The van der Waals surface area contributed by atoms with Gasteiger partial charge >= 0.3 is 0 Å². The fourth-order valence-electron chi connectivity index (χ4n) is 3.61. The average Bonchev–Trinajstić information content (AvgIpc) is 3.13. The third kappa shape index (κ3) is 7.09. The standard InChI is InChI=1S/C28H24ClIN2O5S/c1-3-36-23-13-19(12-22(30)26(23)37-16-25(33)31-21-10-4-17(2)5-11-21)14-24-27(34)32(28(35)38-24)15-18-6-8-20(29)9-7-18/h4-14H,3,15-16H2,1-2H3,(H,31,33)/b24-14+. The van der Waals surface area contributed by atoms with Gasteiger partial charge in [-0.15, -0.1) is 0 Å². The molecule has 3 aromatic carbocycles. The number of carbonyl (C=O) groups excluding carboxylic acids is 3. The van der Waals surface area contributed by atoms with E-state index in [0.717, 1.165) is 22.9 Å². The van der Waals surface area contributed by atoms with E-state index in [-0.39, 0.29) is 30.2 Å². The van der Waals surface area contributed by atoms with Crippen molar-refractivity contribution in [3.05, 3.63) is 90.9 Å². The van der Waals surface area contributed by atoms with Crippen LogP contribution in [0.25, 0.3) is 6.08 Å². The first-order chi connectivity index (χ1) is 18.2. The minimum Gasteiger partial charge on any atom is -0.490 e. The maximum atomic E-state index is 13.0. The molecule has 0 radical (unpaired) electrons. The van der Waals surface area contributed by atoms with Gasteiger partial charge in [0.15, 0.2) is 18.1 Å². The third-order valence-electron chi connectivity index (χ3n) is 5.44. The highest BCUT2D eigenvalue weighted by Gasteiger charge is 2.35. The molecule has 196 valence electrons. The molecule has 3 amide bonds. The topological polar surface area (TPSA) is 84.9 Å². The number of halogens is 2. The highest BCUT2D eigenvalue weighted by molar-refractivity contribution is 14.1. The van der Waals surface area contributed by atoms with Crippen molar-refractivity contribution >= 4 is 74.8 Å². The first kappa shape index (κ1) is 28.0. The van der Waals surface area contributed by atoms with Crippen LogP contribution in [0.15, 0.2) is 65.6 Å². The van der Waals surface area contributed by atoms with Crippen molar-refractivity contribution in [1.82, 2.24) is 4.90 Å². The second kappa shape index (κ2) is 12.7. The summed E-state index contributed by atoms with van der Waals surface area (Å²) < 4.78 is 12.3. The summed E-state index contributed by atoms with van der Waals surface area (Å²) in [7, 11) is 0. The lowest BCUT2D eigenvalue weighted by Gasteiger charge is -2.15. The van der Waals surface area contributed by atoms with E-state index in [9.17, 15) is 14.4 Å². The second-order valence-electron chi connectivity index (χ2n) is 8.36. The molecule has 0 saturated carbocycles. The van der Waals surface area contributed by atoms with Gasteiger partial charge in [-0.25, -0.2) is 0 Å². The van der Waals surface area contributed by atoms with E-state index in [0.29, 0.717) is 42.9 Å². The molecule has 3 aromatic rings. The zero-order chi connectivity index (χ0) is 27.2. The Hall–Kier alpha value is -3.02. The van der Waals surface area contributed by atoms with Gasteiger partial charge in [0, 0.05) is 10.7 Å². The van der Waals surface area contributed by atoms with Gasteiger partial charge < -0.3 is 14.8 Å². The molecule has 7 nitrogen and oxygen atoms in total. The number of anilines is 1. The van der Waals surface area contributed by atoms with Crippen LogP contribution in [0, 0.1) is 10.5 Å². The number of amides is 3. The number of benzene rings is 3. The number of aryl methyl sites for hydroxylation is 1. The number of carbonyl (C=O) groups is 3. The summed E-state index contributed by atoms with van der Waals surface area (Å²) in [6, 6.07) is 18.0. The zero-order valence-corrected chi connectivity index (χ0v) is 24.4. The predicted octanol–water partition coefficient (Wildman–Crippen LogP) is 6.91. The van der Waals surface area contributed by atoms with E-state index in [1.807, 2.05) is 44.2 Å². The molecule has 0 aliphatic carbocycles. The van der Waals surface area contributed by atoms with Crippen molar-refractivity contribution in [2.45, 2.75) is 20.4 Å². The van der Waals surface area contributed by atoms with Crippen LogP contribution in [-0.2, 0) is 16.1 Å². The first-order valence-corrected chi connectivity index (χ1v) is 14.0. The minimum atomic E-state index is -0.365. The van der Waals surface area contributed by atoms with Gasteiger partial charge in [0.1, 0.15) is 0 Å². The van der Waals surface area contributed by atoms with E-state index in [1.165, 1.54) is 4.90 Å². The molecule has 0 atom stereocenters. The number of ether oxygens (including phenoxy) is 2. The monoisotopic (exact) mass is 662 g/mol. The Bertz CT molecular complexity index is 1390. The Balaban J connectivity index is 1.48. The van der Waals surface area contributed by atoms with Crippen molar-refractivity contribution < 1.29 is 23.9 Å². The number of hydrogen-bond acceptors (Lipinski definition) is 6. The van der Waals surface area contributed by atoms with Crippen LogP contribution in [0.4, 0.5) is 10.5 Å². The van der Waals surface area contributed by atoms with Crippen molar-refractivity contribution in [2.24, 2.45) is 0 Å². The van der Waals surface area contributed by atoms with E-state index < -0.39 is 0 Å². The summed E-state index contributed by atoms with van der Waals surface area (Å²) in [5.74, 6) is 0.204. The Morgan fingerprint density at radius 2 is 1.79 bits per heavy atom. The molecule has 38 heavy (non-hydrogen) atoms. The van der Waals surface area contributed by atoms with E-state index in [4.69, 9.17) is 21.1 Å². The summed E-state index contributed by atoms with van der Waals surface area (Å²) in [6.45, 7) is 4.16. The van der Waals surface area contributed by atoms with Gasteiger partial charge in [0.2, 0.25) is 0 Å². The lowest BCUT2D eigenvalue weighted by atomic mass is 10.1. The van der Waals surface area contributed by atoms with Crippen LogP contribution in [0.3, 0.4) is 0 Å². The van der Waals surface area contributed by atoms with Crippen molar-refractivity contribution in [2.75, 3.05) is 18.5 Å². The minimum absolute atomic E-state index is 0.165. The van der Waals surface area contributed by atoms with Crippen LogP contribution in [-0.4, -0.2) is 35.2 Å². The Kier molecular flexibility index (Phi) is 9.35. The van der Waals surface area contributed by atoms with Crippen LogP contribution >= 0.6 is 46.0 Å². The van der Waals surface area contributed by atoms with Gasteiger partial charge in [0.05, 0.1) is 21.6 Å². The second-order valence-corrected chi connectivity index (χ2v) is 11.0. The number of nitrogens with one attached hydrogen (secondary N) is 1. The number of thioether (sulfide) groups is 1. The smallest absolute Gasteiger partial charge is 0.293 e.